The highest BCUT2D eigenvalue weighted by Crippen LogP contribution is 2.32. The van der Waals surface area contributed by atoms with Crippen molar-refractivity contribution in [2.75, 3.05) is 6.61 Å². The molecule has 0 spiro atoms. The number of nitrogens with two attached hydrogens (primary N) is 1. The molecule has 0 amide bonds. The van der Waals surface area contributed by atoms with Gasteiger partial charge in [0, 0.05) is 0 Å². The van der Waals surface area contributed by atoms with Gasteiger partial charge in [-0.15, -0.1) is 11.3 Å². The summed E-state index contributed by atoms with van der Waals surface area (Å²) in [5, 5.41) is 0.848. The van der Waals surface area contributed by atoms with Gasteiger partial charge in [-0.2, -0.15) is 0 Å². The predicted octanol–water partition coefficient (Wildman–Crippen LogP) is 3.49. The minimum Gasteiger partial charge on any atom is -0.462 e. The first-order valence-corrected chi connectivity index (χ1v) is 8.15. The first-order valence-electron chi connectivity index (χ1n) is 7.34. The summed E-state index contributed by atoms with van der Waals surface area (Å²) in [6, 6.07) is 0. The zero-order valence-electron chi connectivity index (χ0n) is 13.2. The van der Waals surface area contributed by atoms with E-state index in [4.69, 9.17) is 10.5 Å². The molecule has 20 heavy (non-hydrogen) atoms. The molecule has 1 aromatic heterocycles. The minimum absolute atomic E-state index is 0.276. The van der Waals surface area contributed by atoms with Gasteiger partial charge >= 0.3 is 5.97 Å². The molecule has 0 aliphatic rings. The first-order chi connectivity index (χ1) is 9.37. The number of hydrogen-bond acceptors (Lipinski definition) is 5. The Balaban J connectivity index is 3.20. The third kappa shape index (κ3) is 3.79. The smallest absolute Gasteiger partial charge is 0.350 e. The molecule has 0 fully saturated rings. The number of ether oxygens (including phenoxy) is 1. The second kappa shape index (κ2) is 7.18. The van der Waals surface area contributed by atoms with Crippen LogP contribution < -0.4 is 5.73 Å². The van der Waals surface area contributed by atoms with Crippen LogP contribution in [0.25, 0.3) is 0 Å². The lowest BCUT2D eigenvalue weighted by atomic mass is 9.95. The molecule has 1 heterocycles. The maximum Gasteiger partial charge on any atom is 0.350 e. The zero-order valence-corrected chi connectivity index (χ0v) is 14.0. The fraction of sp³-hybridized carbons (Fsp3) is 0.733. The van der Waals surface area contributed by atoms with Gasteiger partial charge in [0.1, 0.15) is 9.88 Å². The van der Waals surface area contributed by atoms with Gasteiger partial charge in [0.15, 0.2) is 0 Å². The Morgan fingerprint density at radius 2 is 1.95 bits per heavy atom. The van der Waals surface area contributed by atoms with E-state index < -0.39 is 5.54 Å². The summed E-state index contributed by atoms with van der Waals surface area (Å²) in [6.07, 6.45) is 2.38. The molecule has 0 bridgehead atoms. The molecule has 0 radical (unpaired) electrons. The minimum atomic E-state index is -0.443. The Bertz CT molecular complexity index is 451. The van der Waals surface area contributed by atoms with Gasteiger partial charge in [0.2, 0.25) is 0 Å². The molecule has 0 unspecified atom stereocenters. The topological polar surface area (TPSA) is 65.2 Å². The van der Waals surface area contributed by atoms with E-state index in [2.05, 4.69) is 32.7 Å². The molecule has 0 aliphatic heterocycles. The van der Waals surface area contributed by atoms with Crippen molar-refractivity contribution in [1.29, 1.82) is 0 Å². The van der Waals surface area contributed by atoms with Crippen LogP contribution in [0.1, 0.15) is 67.8 Å². The summed E-state index contributed by atoms with van der Waals surface area (Å²) in [5.41, 5.74) is 6.79. The van der Waals surface area contributed by atoms with Crippen molar-refractivity contribution >= 4 is 17.3 Å². The Morgan fingerprint density at radius 1 is 1.35 bits per heavy atom. The van der Waals surface area contributed by atoms with Crippen molar-refractivity contribution in [3.05, 3.63) is 15.6 Å². The number of esters is 1. The Hall–Kier alpha value is -0.940. The maximum absolute atomic E-state index is 12.1. The second-order valence-electron chi connectivity index (χ2n) is 5.48. The predicted molar refractivity (Wildman–Crippen MR) is 83.1 cm³/mol. The van der Waals surface area contributed by atoms with Crippen LogP contribution in [-0.2, 0) is 16.7 Å². The lowest BCUT2D eigenvalue weighted by molar-refractivity contribution is 0.0530. The molecule has 0 saturated heterocycles. The largest absolute Gasteiger partial charge is 0.462 e. The quantitative estimate of drug-likeness (QED) is 0.783. The van der Waals surface area contributed by atoms with E-state index in [1.165, 1.54) is 11.3 Å². The Kier molecular flexibility index (Phi) is 6.14. The number of carbonyl (C=O) groups is 1. The normalized spacial score (nSPS) is 11.9. The van der Waals surface area contributed by atoms with Crippen LogP contribution in [0.2, 0.25) is 0 Å². The molecule has 0 atom stereocenters. The SMILES string of the molecule is CCOC(=O)c1sc(C(N)(CC)CC)nc1CC(C)C. The lowest BCUT2D eigenvalue weighted by Gasteiger charge is -2.23. The van der Waals surface area contributed by atoms with Crippen LogP contribution in [0.5, 0.6) is 0 Å². The van der Waals surface area contributed by atoms with Crippen LogP contribution in [-0.4, -0.2) is 17.6 Å². The number of hydrogen-bond donors (Lipinski definition) is 1. The maximum atomic E-state index is 12.1. The number of carbonyl (C=O) groups excluding carboxylic acids is 1. The molecule has 0 aromatic carbocycles. The Morgan fingerprint density at radius 3 is 2.40 bits per heavy atom. The second-order valence-corrected chi connectivity index (χ2v) is 6.48. The van der Waals surface area contributed by atoms with Crippen LogP contribution >= 0.6 is 11.3 Å². The highest BCUT2D eigenvalue weighted by molar-refractivity contribution is 7.13. The summed E-state index contributed by atoms with van der Waals surface area (Å²) in [4.78, 5) is 17.3. The lowest BCUT2D eigenvalue weighted by Crippen LogP contribution is -2.35. The van der Waals surface area contributed by atoms with Gasteiger partial charge in [-0.05, 0) is 32.1 Å². The van der Waals surface area contributed by atoms with Crippen molar-refractivity contribution in [3.63, 3.8) is 0 Å². The van der Waals surface area contributed by atoms with Crippen LogP contribution in [0.4, 0.5) is 0 Å². The first kappa shape index (κ1) is 17.1. The van der Waals surface area contributed by atoms with Crippen LogP contribution in [0.3, 0.4) is 0 Å². The van der Waals surface area contributed by atoms with Crippen molar-refractivity contribution in [2.45, 2.75) is 59.4 Å². The van der Waals surface area contributed by atoms with Gasteiger partial charge < -0.3 is 10.5 Å². The molecule has 4 nitrogen and oxygen atoms in total. The van der Waals surface area contributed by atoms with Crippen LogP contribution in [0, 0.1) is 5.92 Å². The van der Waals surface area contributed by atoms with Gasteiger partial charge in [-0.3, -0.25) is 0 Å². The van der Waals surface area contributed by atoms with E-state index >= 15 is 0 Å². The van der Waals surface area contributed by atoms with E-state index in [0.717, 1.165) is 30.0 Å². The number of rotatable bonds is 7. The van der Waals surface area contributed by atoms with Gasteiger partial charge in [-0.1, -0.05) is 27.7 Å². The van der Waals surface area contributed by atoms with E-state index in [9.17, 15) is 4.79 Å². The van der Waals surface area contributed by atoms with Crippen molar-refractivity contribution in [1.82, 2.24) is 4.98 Å². The summed E-state index contributed by atoms with van der Waals surface area (Å²) < 4.78 is 5.13. The van der Waals surface area contributed by atoms with Gasteiger partial charge in [0.05, 0.1) is 17.8 Å². The highest BCUT2D eigenvalue weighted by atomic mass is 32.1. The van der Waals surface area contributed by atoms with Crippen molar-refractivity contribution in [3.8, 4) is 0 Å². The van der Waals surface area contributed by atoms with Gasteiger partial charge in [0.25, 0.3) is 0 Å². The Labute approximate surface area is 125 Å². The third-order valence-corrected chi connectivity index (χ3v) is 4.75. The fourth-order valence-electron chi connectivity index (χ4n) is 2.00. The molecular weight excluding hydrogens is 272 g/mol. The molecular formula is C15H26N2O2S. The molecule has 0 saturated carbocycles. The van der Waals surface area contributed by atoms with Crippen molar-refractivity contribution < 1.29 is 9.53 Å². The molecule has 0 aliphatic carbocycles. The molecule has 1 rings (SSSR count). The fourth-order valence-corrected chi connectivity index (χ4v) is 3.23. The molecule has 114 valence electrons. The van der Waals surface area contributed by atoms with E-state index in [1.54, 1.807) is 0 Å². The monoisotopic (exact) mass is 298 g/mol. The summed E-state index contributed by atoms with van der Waals surface area (Å²) in [7, 11) is 0. The van der Waals surface area contributed by atoms with Crippen molar-refractivity contribution in [2.24, 2.45) is 11.7 Å². The number of thiazole rings is 1. The summed E-state index contributed by atoms with van der Waals surface area (Å²) in [5.74, 6) is 0.162. The van der Waals surface area contributed by atoms with E-state index in [0.29, 0.717) is 17.4 Å². The molecule has 2 N–H and O–H groups in total. The zero-order chi connectivity index (χ0) is 15.3. The highest BCUT2D eigenvalue weighted by Gasteiger charge is 2.30. The summed E-state index contributed by atoms with van der Waals surface area (Å²) >= 11 is 1.39. The van der Waals surface area contributed by atoms with E-state index in [1.807, 2.05) is 6.92 Å². The number of nitrogens with zero attached hydrogens (tertiary/aromatic N) is 1. The number of aromatic nitrogens is 1. The van der Waals surface area contributed by atoms with Crippen LogP contribution in [0.15, 0.2) is 0 Å². The van der Waals surface area contributed by atoms with E-state index in [-0.39, 0.29) is 5.97 Å². The molecule has 5 heteroatoms. The third-order valence-electron chi connectivity index (χ3n) is 3.45. The average Bonchev–Trinajstić information content (AvgIpc) is 2.81. The average molecular weight is 298 g/mol. The standard InChI is InChI=1S/C15H26N2O2S/c1-6-15(16,7-2)14-17-11(9-10(4)5)12(20-14)13(18)19-8-3/h10H,6-9,16H2,1-5H3. The molecule has 1 aromatic rings. The summed E-state index contributed by atoms with van der Waals surface area (Å²) in [6.45, 7) is 10.5. The van der Waals surface area contributed by atoms with Gasteiger partial charge in [-0.25, -0.2) is 9.78 Å².